The van der Waals surface area contributed by atoms with Crippen molar-refractivity contribution in [2.75, 3.05) is 0 Å². The van der Waals surface area contributed by atoms with Gasteiger partial charge in [-0.25, -0.2) is 0 Å². The maximum Gasteiger partial charge on any atom is 0.163 e. The number of aromatic nitrogens is 3. The van der Waals surface area contributed by atoms with Gasteiger partial charge in [0.1, 0.15) is 12.4 Å². The third-order valence-electron chi connectivity index (χ3n) is 2.64. The van der Waals surface area contributed by atoms with Crippen molar-refractivity contribution in [3.05, 3.63) is 42.0 Å². The van der Waals surface area contributed by atoms with Crippen LogP contribution in [0.25, 0.3) is 5.69 Å². The minimum absolute atomic E-state index is 0.105. The molecule has 0 saturated carbocycles. The lowest BCUT2D eigenvalue weighted by Crippen LogP contribution is -2.14. The number of nitrogens with zero attached hydrogens (tertiary/aromatic N) is 3. The van der Waals surface area contributed by atoms with Crippen molar-refractivity contribution >= 4 is 0 Å². The van der Waals surface area contributed by atoms with Crippen LogP contribution in [0.1, 0.15) is 32.4 Å². The van der Waals surface area contributed by atoms with Crippen molar-refractivity contribution in [3.8, 4) is 5.69 Å². The third kappa shape index (κ3) is 2.76. The van der Waals surface area contributed by atoms with Crippen molar-refractivity contribution in [2.24, 2.45) is 5.41 Å². The monoisotopic (exact) mass is 245 g/mol. The van der Waals surface area contributed by atoms with Crippen molar-refractivity contribution in [2.45, 2.75) is 33.8 Å². The fourth-order valence-electron chi connectivity index (χ4n) is 1.92. The maximum atomic E-state index is 9.37. The van der Waals surface area contributed by atoms with Gasteiger partial charge in [-0.1, -0.05) is 39.0 Å². The number of aliphatic hydroxyl groups is 1. The normalized spacial score (nSPS) is 11.8. The van der Waals surface area contributed by atoms with E-state index in [-0.39, 0.29) is 12.0 Å². The van der Waals surface area contributed by atoms with Crippen molar-refractivity contribution < 1.29 is 5.11 Å². The molecule has 2 rings (SSSR count). The van der Waals surface area contributed by atoms with Crippen LogP contribution < -0.4 is 0 Å². The molecule has 1 aromatic heterocycles. The molecule has 0 atom stereocenters. The number of benzene rings is 1. The zero-order chi connectivity index (χ0) is 13.2. The van der Waals surface area contributed by atoms with Gasteiger partial charge in [0.05, 0.1) is 0 Å². The molecule has 1 heterocycles. The molecule has 0 spiro atoms. The molecular formula is C14H19N3O. The van der Waals surface area contributed by atoms with Crippen LogP contribution in [0.3, 0.4) is 0 Å². The first-order valence-corrected chi connectivity index (χ1v) is 6.11. The summed E-state index contributed by atoms with van der Waals surface area (Å²) < 4.78 is 1.94. The zero-order valence-electron chi connectivity index (χ0n) is 11.1. The van der Waals surface area contributed by atoms with E-state index in [9.17, 15) is 5.11 Å². The van der Waals surface area contributed by atoms with Crippen LogP contribution in [0.4, 0.5) is 0 Å². The van der Waals surface area contributed by atoms with Gasteiger partial charge in [-0.3, -0.25) is 4.57 Å². The highest BCUT2D eigenvalue weighted by Gasteiger charge is 2.19. The Kier molecular flexibility index (Phi) is 3.48. The van der Waals surface area contributed by atoms with E-state index in [1.807, 2.05) is 34.9 Å². The summed E-state index contributed by atoms with van der Waals surface area (Å²) >= 11 is 0. The standard InChI is InChI=1S/C14H19N3O/c1-14(2,3)9-12-15-16-13(10-18)17(12)11-7-5-4-6-8-11/h4-8,18H,9-10H2,1-3H3. The van der Waals surface area contributed by atoms with E-state index in [2.05, 4.69) is 31.0 Å². The summed E-state index contributed by atoms with van der Waals surface area (Å²) in [6.45, 7) is 6.38. The number of para-hydroxylation sites is 1. The molecule has 4 nitrogen and oxygen atoms in total. The average Bonchev–Trinajstić information content (AvgIpc) is 2.70. The van der Waals surface area contributed by atoms with Gasteiger partial charge in [-0.15, -0.1) is 10.2 Å². The lowest BCUT2D eigenvalue weighted by atomic mass is 9.92. The minimum Gasteiger partial charge on any atom is -0.388 e. The Morgan fingerprint density at radius 2 is 1.67 bits per heavy atom. The van der Waals surface area contributed by atoms with Crippen molar-refractivity contribution in [1.29, 1.82) is 0 Å². The van der Waals surface area contributed by atoms with Gasteiger partial charge < -0.3 is 5.11 Å². The predicted octanol–water partition coefficient (Wildman–Crippen LogP) is 2.35. The maximum absolute atomic E-state index is 9.37. The molecule has 18 heavy (non-hydrogen) atoms. The Bertz CT molecular complexity index is 512. The summed E-state index contributed by atoms with van der Waals surface area (Å²) in [7, 11) is 0. The van der Waals surface area contributed by atoms with Crippen LogP contribution in [-0.4, -0.2) is 19.9 Å². The van der Waals surface area contributed by atoms with E-state index in [0.717, 1.165) is 17.9 Å². The summed E-state index contributed by atoms with van der Waals surface area (Å²) in [6.07, 6.45) is 0.814. The Morgan fingerprint density at radius 1 is 1.06 bits per heavy atom. The Balaban J connectivity index is 2.47. The lowest BCUT2D eigenvalue weighted by Gasteiger charge is -2.18. The number of hydrogen-bond acceptors (Lipinski definition) is 3. The number of rotatable bonds is 3. The second-order valence-corrected chi connectivity index (χ2v) is 5.60. The van der Waals surface area contributed by atoms with E-state index in [1.165, 1.54) is 0 Å². The zero-order valence-corrected chi connectivity index (χ0v) is 11.1. The van der Waals surface area contributed by atoms with Gasteiger partial charge in [0.2, 0.25) is 0 Å². The molecule has 0 unspecified atom stereocenters. The first-order chi connectivity index (χ1) is 8.51. The molecule has 0 fully saturated rings. The molecule has 0 saturated heterocycles. The second kappa shape index (κ2) is 4.90. The minimum atomic E-state index is -0.105. The highest BCUT2D eigenvalue weighted by atomic mass is 16.3. The summed E-state index contributed by atoms with van der Waals surface area (Å²) in [6, 6.07) is 9.90. The summed E-state index contributed by atoms with van der Waals surface area (Å²) in [4.78, 5) is 0. The summed E-state index contributed by atoms with van der Waals surface area (Å²) in [5, 5.41) is 17.6. The molecule has 0 bridgehead atoms. The molecule has 0 aliphatic carbocycles. The van der Waals surface area contributed by atoms with Crippen molar-refractivity contribution in [3.63, 3.8) is 0 Å². The molecule has 0 amide bonds. The molecule has 0 aliphatic rings. The smallest absolute Gasteiger partial charge is 0.163 e. The first kappa shape index (κ1) is 12.8. The molecule has 4 heteroatoms. The average molecular weight is 245 g/mol. The first-order valence-electron chi connectivity index (χ1n) is 6.11. The van der Waals surface area contributed by atoms with Gasteiger partial charge in [0.25, 0.3) is 0 Å². The van der Waals surface area contributed by atoms with Crippen LogP contribution in [0.5, 0.6) is 0 Å². The fraction of sp³-hybridized carbons (Fsp3) is 0.429. The van der Waals surface area contributed by atoms with Gasteiger partial charge in [0, 0.05) is 12.1 Å². The molecule has 2 aromatic rings. The van der Waals surface area contributed by atoms with Crippen LogP contribution in [-0.2, 0) is 13.0 Å². The topological polar surface area (TPSA) is 50.9 Å². The molecule has 1 aromatic carbocycles. The van der Waals surface area contributed by atoms with Crippen LogP contribution in [0.15, 0.2) is 30.3 Å². The number of hydrogen-bond donors (Lipinski definition) is 1. The summed E-state index contributed by atoms with van der Waals surface area (Å²) in [5.41, 5.74) is 1.12. The highest BCUT2D eigenvalue weighted by Crippen LogP contribution is 2.22. The van der Waals surface area contributed by atoms with Crippen LogP contribution >= 0.6 is 0 Å². The van der Waals surface area contributed by atoms with Gasteiger partial charge in [0.15, 0.2) is 5.82 Å². The summed E-state index contributed by atoms with van der Waals surface area (Å²) in [5.74, 6) is 1.47. The highest BCUT2D eigenvalue weighted by molar-refractivity contribution is 5.34. The third-order valence-corrected chi connectivity index (χ3v) is 2.64. The van der Waals surface area contributed by atoms with Gasteiger partial charge in [-0.05, 0) is 17.5 Å². The second-order valence-electron chi connectivity index (χ2n) is 5.60. The molecule has 1 N–H and O–H groups in total. The lowest BCUT2D eigenvalue weighted by molar-refractivity contribution is 0.268. The van der Waals surface area contributed by atoms with E-state index in [0.29, 0.717) is 5.82 Å². The Hall–Kier alpha value is -1.68. The quantitative estimate of drug-likeness (QED) is 0.903. The molecule has 0 radical (unpaired) electrons. The molecular weight excluding hydrogens is 226 g/mol. The predicted molar refractivity (Wildman–Crippen MR) is 70.4 cm³/mol. The largest absolute Gasteiger partial charge is 0.388 e. The molecule has 0 aliphatic heterocycles. The van der Waals surface area contributed by atoms with E-state index < -0.39 is 0 Å². The Labute approximate surface area is 107 Å². The SMILES string of the molecule is CC(C)(C)Cc1nnc(CO)n1-c1ccccc1. The van der Waals surface area contributed by atoms with Crippen LogP contribution in [0.2, 0.25) is 0 Å². The molecule has 96 valence electrons. The van der Waals surface area contributed by atoms with E-state index in [1.54, 1.807) is 0 Å². The van der Waals surface area contributed by atoms with E-state index in [4.69, 9.17) is 0 Å². The fourth-order valence-corrected chi connectivity index (χ4v) is 1.92. The van der Waals surface area contributed by atoms with Gasteiger partial charge in [-0.2, -0.15) is 0 Å². The van der Waals surface area contributed by atoms with E-state index >= 15 is 0 Å². The van der Waals surface area contributed by atoms with Crippen molar-refractivity contribution in [1.82, 2.24) is 14.8 Å². The Morgan fingerprint density at radius 3 is 2.22 bits per heavy atom. The van der Waals surface area contributed by atoms with Crippen LogP contribution in [0, 0.1) is 5.41 Å². The van der Waals surface area contributed by atoms with Gasteiger partial charge >= 0.3 is 0 Å². The number of aliphatic hydroxyl groups excluding tert-OH is 1.